The Hall–Kier alpha value is -2.36. The topological polar surface area (TPSA) is 39.9 Å². The van der Waals surface area contributed by atoms with Crippen molar-refractivity contribution in [2.75, 3.05) is 7.11 Å². The third-order valence-electron chi connectivity index (χ3n) is 5.82. The summed E-state index contributed by atoms with van der Waals surface area (Å²) >= 11 is 0. The molecular weight excluding hydrogens is 334 g/mol. The van der Waals surface area contributed by atoms with Gasteiger partial charge in [0.1, 0.15) is 0 Å². The van der Waals surface area contributed by atoms with Crippen molar-refractivity contribution in [3.8, 4) is 17.1 Å². The summed E-state index contributed by atoms with van der Waals surface area (Å²) in [4.78, 5) is 9.79. The molecular formula is C23H29N3O. The maximum atomic E-state index is 5.62. The van der Waals surface area contributed by atoms with E-state index < -0.39 is 0 Å². The van der Waals surface area contributed by atoms with Gasteiger partial charge >= 0.3 is 0 Å². The molecule has 0 spiro atoms. The van der Waals surface area contributed by atoms with Gasteiger partial charge in [-0.05, 0) is 61.9 Å². The summed E-state index contributed by atoms with van der Waals surface area (Å²) in [7, 11) is 1.69. The average molecular weight is 364 g/mol. The lowest BCUT2D eigenvalue weighted by atomic mass is 10.0. The number of rotatable bonds is 4. The molecule has 0 unspecified atom stereocenters. The molecule has 0 aliphatic heterocycles. The molecule has 3 aromatic heterocycles. The number of ether oxygens (including phenoxy) is 1. The van der Waals surface area contributed by atoms with E-state index in [0.717, 1.165) is 28.0 Å². The molecule has 3 heterocycles. The molecule has 0 amide bonds. The van der Waals surface area contributed by atoms with Crippen molar-refractivity contribution in [2.45, 2.75) is 65.3 Å². The minimum absolute atomic E-state index is 0.368. The third kappa shape index (κ3) is 3.11. The zero-order valence-corrected chi connectivity index (χ0v) is 17.0. The summed E-state index contributed by atoms with van der Waals surface area (Å²) < 4.78 is 8.08. The zero-order valence-electron chi connectivity index (χ0n) is 17.0. The highest BCUT2D eigenvalue weighted by Crippen LogP contribution is 2.37. The van der Waals surface area contributed by atoms with E-state index in [0.29, 0.717) is 17.8 Å². The number of aryl methyl sites for hydroxylation is 2. The fraction of sp³-hybridized carbons (Fsp3) is 0.478. The van der Waals surface area contributed by atoms with E-state index in [1.54, 1.807) is 7.11 Å². The van der Waals surface area contributed by atoms with Crippen LogP contribution in [0, 0.1) is 13.8 Å². The summed E-state index contributed by atoms with van der Waals surface area (Å²) in [5.74, 6) is 1.02. The summed E-state index contributed by atoms with van der Waals surface area (Å²) in [6.45, 7) is 8.59. The highest BCUT2D eigenvalue weighted by molar-refractivity contribution is 5.85. The maximum Gasteiger partial charge on any atom is 0.222 e. The molecule has 0 saturated heterocycles. The lowest BCUT2D eigenvalue weighted by Gasteiger charge is -2.15. The Morgan fingerprint density at radius 2 is 1.81 bits per heavy atom. The lowest BCUT2D eigenvalue weighted by Crippen LogP contribution is -2.03. The first-order valence-electron chi connectivity index (χ1n) is 10.0. The van der Waals surface area contributed by atoms with Crippen LogP contribution in [0.3, 0.4) is 0 Å². The van der Waals surface area contributed by atoms with Gasteiger partial charge in [-0.2, -0.15) is 0 Å². The number of pyridine rings is 2. The van der Waals surface area contributed by atoms with Crippen molar-refractivity contribution in [2.24, 2.45) is 0 Å². The molecule has 27 heavy (non-hydrogen) atoms. The van der Waals surface area contributed by atoms with Crippen molar-refractivity contribution in [1.29, 1.82) is 0 Å². The second-order valence-corrected chi connectivity index (χ2v) is 8.13. The normalized spacial score (nSPS) is 15.2. The summed E-state index contributed by atoms with van der Waals surface area (Å²) in [6.07, 6.45) is 7.50. The number of methoxy groups -OCH3 is 1. The van der Waals surface area contributed by atoms with Gasteiger partial charge in [0.15, 0.2) is 0 Å². The molecule has 1 aliphatic rings. The first-order chi connectivity index (χ1) is 13.0. The number of nitrogens with zero attached hydrogens (tertiary/aromatic N) is 3. The molecule has 1 fully saturated rings. The van der Waals surface area contributed by atoms with E-state index in [2.05, 4.69) is 56.7 Å². The molecule has 3 aromatic rings. The van der Waals surface area contributed by atoms with Crippen molar-refractivity contribution >= 4 is 11.0 Å². The van der Waals surface area contributed by atoms with E-state index in [4.69, 9.17) is 14.7 Å². The number of aromatic nitrogens is 3. The van der Waals surface area contributed by atoms with Crippen LogP contribution in [0.5, 0.6) is 5.88 Å². The standard InChI is InChI=1S/C23H29N3O/c1-14(2)19-11-10-18(23(24-19)27-5)21-15(3)12-20-22(25-21)16(4)13-26(20)17-8-6-7-9-17/h10-14,17H,6-9H2,1-5H3. The number of hydrogen-bond acceptors (Lipinski definition) is 3. The van der Waals surface area contributed by atoms with Crippen LogP contribution in [0.15, 0.2) is 24.4 Å². The predicted molar refractivity (Wildman–Crippen MR) is 111 cm³/mol. The van der Waals surface area contributed by atoms with Crippen LogP contribution in [0.4, 0.5) is 0 Å². The molecule has 1 saturated carbocycles. The van der Waals surface area contributed by atoms with Gasteiger partial charge in [0.2, 0.25) is 5.88 Å². The van der Waals surface area contributed by atoms with Gasteiger partial charge in [0.25, 0.3) is 0 Å². The minimum Gasteiger partial charge on any atom is -0.480 e. The zero-order chi connectivity index (χ0) is 19.1. The fourth-order valence-corrected chi connectivity index (χ4v) is 4.29. The summed E-state index contributed by atoms with van der Waals surface area (Å²) in [5.41, 5.74) is 7.73. The van der Waals surface area contributed by atoms with Crippen LogP contribution in [0.25, 0.3) is 22.3 Å². The molecule has 0 N–H and O–H groups in total. The summed E-state index contributed by atoms with van der Waals surface area (Å²) in [5, 5.41) is 0. The Labute approximate surface area is 161 Å². The molecule has 4 nitrogen and oxygen atoms in total. The third-order valence-corrected chi connectivity index (χ3v) is 5.82. The van der Waals surface area contributed by atoms with E-state index in [-0.39, 0.29) is 0 Å². The Morgan fingerprint density at radius 3 is 2.48 bits per heavy atom. The smallest absolute Gasteiger partial charge is 0.222 e. The Bertz CT molecular complexity index is 981. The molecule has 4 heteroatoms. The number of fused-ring (bicyclic) bond motifs is 1. The fourth-order valence-electron chi connectivity index (χ4n) is 4.29. The predicted octanol–water partition coefficient (Wildman–Crippen LogP) is 5.96. The van der Waals surface area contributed by atoms with Gasteiger partial charge in [0, 0.05) is 17.9 Å². The van der Waals surface area contributed by atoms with Crippen LogP contribution in [-0.2, 0) is 0 Å². The van der Waals surface area contributed by atoms with Crippen molar-refractivity contribution < 1.29 is 4.74 Å². The molecule has 4 rings (SSSR count). The molecule has 0 bridgehead atoms. The van der Waals surface area contributed by atoms with Crippen LogP contribution in [0.2, 0.25) is 0 Å². The highest BCUT2D eigenvalue weighted by atomic mass is 16.5. The van der Waals surface area contributed by atoms with Gasteiger partial charge in [-0.3, -0.25) is 0 Å². The second-order valence-electron chi connectivity index (χ2n) is 8.13. The Morgan fingerprint density at radius 1 is 1.07 bits per heavy atom. The second kappa shape index (κ2) is 6.99. The number of hydrogen-bond donors (Lipinski definition) is 0. The SMILES string of the molecule is COc1nc(C(C)C)ccc1-c1nc2c(C)cn(C3CCCC3)c2cc1C. The average Bonchev–Trinajstić information content (AvgIpc) is 3.29. The maximum absolute atomic E-state index is 5.62. The first-order valence-corrected chi connectivity index (χ1v) is 10.0. The Balaban J connectivity index is 1.86. The van der Waals surface area contributed by atoms with Gasteiger partial charge in [0.05, 0.1) is 29.4 Å². The molecule has 0 aromatic carbocycles. The largest absolute Gasteiger partial charge is 0.480 e. The molecule has 142 valence electrons. The quantitative estimate of drug-likeness (QED) is 0.574. The van der Waals surface area contributed by atoms with Crippen LogP contribution in [-0.4, -0.2) is 21.6 Å². The Kier molecular flexibility index (Phi) is 4.67. The van der Waals surface area contributed by atoms with Crippen molar-refractivity contribution in [3.63, 3.8) is 0 Å². The van der Waals surface area contributed by atoms with Crippen LogP contribution < -0.4 is 4.74 Å². The van der Waals surface area contributed by atoms with Gasteiger partial charge in [-0.15, -0.1) is 0 Å². The van der Waals surface area contributed by atoms with E-state index >= 15 is 0 Å². The van der Waals surface area contributed by atoms with Gasteiger partial charge in [-0.25, -0.2) is 9.97 Å². The van der Waals surface area contributed by atoms with Crippen LogP contribution >= 0.6 is 0 Å². The van der Waals surface area contributed by atoms with Crippen molar-refractivity contribution in [1.82, 2.24) is 14.5 Å². The first kappa shape index (κ1) is 18.0. The molecule has 0 radical (unpaired) electrons. The van der Waals surface area contributed by atoms with E-state index in [9.17, 15) is 0 Å². The molecule has 1 aliphatic carbocycles. The van der Waals surface area contributed by atoms with E-state index in [1.165, 1.54) is 36.8 Å². The lowest BCUT2D eigenvalue weighted by molar-refractivity contribution is 0.397. The molecule has 0 atom stereocenters. The minimum atomic E-state index is 0.368. The monoisotopic (exact) mass is 363 g/mol. The van der Waals surface area contributed by atoms with Gasteiger partial charge < -0.3 is 9.30 Å². The highest BCUT2D eigenvalue weighted by Gasteiger charge is 2.22. The summed E-state index contributed by atoms with van der Waals surface area (Å²) in [6, 6.07) is 7.10. The van der Waals surface area contributed by atoms with Gasteiger partial charge in [-0.1, -0.05) is 26.7 Å². The van der Waals surface area contributed by atoms with Crippen LogP contribution in [0.1, 0.15) is 68.3 Å². The van der Waals surface area contributed by atoms with Crippen molar-refractivity contribution in [3.05, 3.63) is 41.2 Å². The van der Waals surface area contributed by atoms with E-state index in [1.807, 2.05) is 0 Å².